The second kappa shape index (κ2) is 4.86. The predicted octanol–water partition coefficient (Wildman–Crippen LogP) is 3.41. The number of hydrogen-bond acceptors (Lipinski definition) is 3. The minimum absolute atomic E-state index is 0.236. The van der Waals surface area contributed by atoms with Gasteiger partial charge in [-0.15, -0.1) is 0 Å². The number of ether oxygens (including phenoxy) is 1. The summed E-state index contributed by atoms with van der Waals surface area (Å²) in [4.78, 5) is 0. The van der Waals surface area contributed by atoms with Crippen LogP contribution in [0.15, 0.2) is 18.2 Å². The minimum Gasteiger partial charge on any atom is -0.492 e. The van der Waals surface area contributed by atoms with Crippen LogP contribution >= 0.6 is 0 Å². The summed E-state index contributed by atoms with van der Waals surface area (Å²) >= 11 is 0. The lowest BCUT2D eigenvalue weighted by atomic mass is 10.0. The molecule has 0 saturated heterocycles. The summed E-state index contributed by atoms with van der Waals surface area (Å²) in [6.45, 7) is 4.90. The monoisotopic (exact) mass is 234 g/mol. The number of benzene rings is 1. The Morgan fingerprint density at radius 2 is 2.06 bits per heavy atom. The maximum absolute atomic E-state index is 5.86. The van der Waals surface area contributed by atoms with Crippen molar-refractivity contribution in [1.82, 2.24) is 0 Å². The smallest absolute Gasteiger partial charge is 0.144 e. The maximum atomic E-state index is 5.86. The van der Waals surface area contributed by atoms with Crippen molar-refractivity contribution in [1.29, 1.82) is 0 Å². The van der Waals surface area contributed by atoms with Crippen molar-refractivity contribution in [2.75, 3.05) is 17.7 Å². The fourth-order valence-corrected chi connectivity index (χ4v) is 2.52. The topological polar surface area (TPSA) is 47.3 Å². The molecule has 0 aliphatic heterocycles. The van der Waals surface area contributed by atoms with Gasteiger partial charge in [-0.3, -0.25) is 0 Å². The number of hydrogen-bond donors (Lipinski definition) is 2. The van der Waals surface area contributed by atoms with Gasteiger partial charge in [0.2, 0.25) is 0 Å². The Balaban J connectivity index is 2.13. The molecule has 0 atom stereocenters. The van der Waals surface area contributed by atoms with Crippen LogP contribution in [0.5, 0.6) is 5.75 Å². The standard InChI is InChI=1S/C14H22N2O/c1-3-17-13-10-11(6-7-12(13)15)16-14(2)8-4-5-9-14/h6-7,10,16H,3-5,8-9,15H2,1-2H3. The van der Waals surface area contributed by atoms with Crippen LogP contribution < -0.4 is 15.8 Å². The number of anilines is 2. The van der Waals surface area contributed by atoms with Crippen LogP contribution in [0.2, 0.25) is 0 Å². The van der Waals surface area contributed by atoms with Crippen LogP contribution in [0.3, 0.4) is 0 Å². The molecule has 1 fully saturated rings. The first-order chi connectivity index (χ1) is 8.13. The molecule has 94 valence electrons. The third-order valence-electron chi connectivity index (χ3n) is 3.47. The van der Waals surface area contributed by atoms with Gasteiger partial charge in [-0.25, -0.2) is 0 Å². The molecule has 17 heavy (non-hydrogen) atoms. The Kier molecular flexibility index (Phi) is 3.46. The molecule has 0 amide bonds. The van der Waals surface area contributed by atoms with Crippen molar-refractivity contribution in [2.24, 2.45) is 0 Å². The molecule has 3 N–H and O–H groups in total. The molecule has 0 heterocycles. The van der Waals surface area contributed by atoms with E-state index in [2.05, 4.69) is 12.2 Å². The van der Waals surface area contributed by atoms with Gasteiger partial charge in [0, 0.05) is 17.3 Å². The number of rotatable bonds is 4. The van der Waals surface area contributed by atoms with E-state index in [1.807, 2.05) is 25.1 Å². The second-order valence-electron chi connectivity index (χ2n) is 5.08. The minimum atomic E-state index is 0.236. The lowest BCUT2D eigenvalue weighted by Gasteiger charge is -2.27. The van der Waals surface area contributed by atoms with Crippen molar-refractivity contribution in [2.45, 2.75) is 45.1 Å². The lowest BCUT2D eigenvalue weighted by Crippen LogP contribution is -2.30. The first-order valence-corrected chi connectivity index (χ1v) is 6.43. The van der Waals surface area contributed by atoms with Crippen molar-refractivity contribution in [3.8, 4) is 5.75 Å². The van der Waals surface area contributed by atoms with E-state index < -0.39 is 0 Å². The molecule has 0 aromatic heterocycles. The second-order valence-corrected chi connectivity index (χ2v) is 5.08. The molecule has 3 nitrogen and oxygen atoms in total. The summed E-state index contributed by atoms with van der Waals surface area (Å²) in [5, 5.41) is 3.61. The van der Waals surface area contributed by atoms with Gasteiger partial charge in [-0.05, 0) is 38.8 Å². The van der Waals surface area contributed by atoms with E-state index in [-0.39, 0.29) is 5.54 Å². The Morgan fingerprint density at radius 3 is 2.71 bits per heavy atom. The zero-order chi connectivity index (χ0) is 12.3. The van der Waals surface area contributed by atoms with Gasteiger partial charge in [0.25, 0.3) is 0 Å². The molecular formula is C14H22N2O. The molecule has 1 aromatic carbocycles. The SMILES string of the molecule is CCOc1cc(NC2(C)CCCC2)ccc1N. The van der Waals surface area contributed by atoms with Crippen LogP contribution in [0.4, 0.5) is 11.4 Å². The molecular weight excluding hydrogens is 212 g/mol. The molecule has 3 heteroatoms. The first-order valence-electron chi connectivity index (χ1n) is 6.43. The summed E-state index contributed by atoms with van der Waals surface area (Å²) in [5.41, 5.74) is 7.91. The number of nitrogens with two attached hydrogens (primary N) is 1. The quantitative estimate of drug-likeness (QED) is 0.785. The molecule has 0 spiro atoms. The van der Waals surface area contributed by atoms with Crippen molar-refractivity contribution in [3.05, 3.63) is 18.2 Å². The highest BCUT2D eigenvalue weighted by atomic mass is 16.5. The zero-order valence-electron chi connectivity index (χ0n) is 10.8. The van der Waals surface area contributed by atoms with Gasteiger partial charge < -0.3 is 15.8 Å². The van der Waals surface area contributed by atoms with Gasteiger partial charge >= 0.3 is 0 Å². The highest BCUT2D eigenvalue weighted by Crippen LogP contribution is 2.34. The molecule has 1 saturated carbocycles. The number of nitrogens with one attached hydrogen (secondary N) is 1. The molecule has 0 unspecified atom stereocenters. The van der Waals surface area contributed by atoms with E-state index in [9.17, 15) is 0 Å². The van der Waals surface area contributed by atoms with E-state index in [4.69, 9.17) is 10.5 Å². The fraction of sp³-hybridized carbons (Fsp3) is 0.571. The molecule has 0 bridgehead atoms. The summed E-state index contributed by atoms with van der Waals surface area (Å²) in [6, 6.07) is 5.94. The first kappa shape index (κ1) is 12.1. The van der Waals surface area contributed by atoms with Gasteiger partial charge in [0.1, 0.15) is 5.75 Å². The maximum Gasteiger partial charge on any atom is 0.144 e. The van der Waals surface area contributed by atoms with E-state index in [0.717, 1.165) is 11.4 Å². The van der Waals surface area contributed by atoms with Gasteiger partial charge in [0.05, 0.1) is 12.3 Å². The molecule has 2 rings (SSSR count). The van der Waals surface area contributed by atoms with Gasteiger partial charge in [-0.2, -0.15) is 0 Å². The van der Waals surface area contributed by atoms with Crippen LogP contribution in [-0.4, -0.2) is 12.1 Å². The summed E-state index contributed by atoms with van der Waals surface area (Å²) in [7, 11) is 0. The molecule has 0 radical (unpaired) electrons. The van der Waals surface area contributed by atoms with Crippen LogP contribution in [0.1, 0.15) is 39.5 Å². The van der Waals surface area contributed by atoms with Crippen LogP contribution in [0.25, 0.3) is 0 Å². The lowest BCUT2D eigenvalue weighted by molar-refractivity contribution is 0.342. The highest BCUT2D eigenvalue weighted by Gasteiger charge is 2.28. The third-order valence-corrected chi connectivity index (χ3v) is 3.47. The summed E-state index contributed by atoms with van der Waals surface area (Å²) < 4.78 is 5.51. The average Bonchev–Trinajstić information content (AvgIpc) is 2.70. The van der Waals surface area contributed by atoms with Crippen molar-refractivity contribution in [3.63, 3.8) is 0 Å². The van der Waals surface area contributed by atoms with E-state index in [1.54, 1.807) is 0 Å². The summed E-state index contributed by atoms with van der Waals surface area (Å²) in [6.07, 6.45) is 5.11. The molecule has 1 aliphatic carbocycles. The van der Waals surface area contributed by atoms with Crippen molar-refractivity contribution >= 4 is 11.4 Å². The van der Waals surface area contributed by atoms with Crippen LogP contribution in [-0.2, 0) is 0 Å². The van der Waals surface area contributed by atoms with E-state index in [1.165, 1.54) is 25.7 Å². The van der Waals surface area contributed by atoms with Gasteiger partial charge in [-0.1, -0.05) is 12.8 Å². The Hall–Kier alpha value is -1.38. The Bertz CT molecular complexity index is 384. The fourth-order valence-electron chi connectivity index (χ4n) is 2.52. The largest absolute Gasteiger partial charge is 0.492 e. The zero-order valence-corrected chi connectivity index (χ0v) is 10.8. The Labute approximate surface area is 103 Å². The predicted molar refractivity (Wildman–Crippen MR) is 72.5 cm³/mol. The van der Waals surface area contributed by atoms with E-state index >= 15 is 0 Å². The normalized spacial score (nSPS) is 18.0. The van der Waals surface area contributed by atoms with E-state index in [0.29, 0.717) is 12.3 Å². The third kappa shape index (κ3) is 2.84. The van der Waals surface area contributed by atoms with Crippen LogP contribution in [0, 0.1) is 0 Å². The molecule has 1 aliphatic rings. The molecule has 1 aromatic rings. The summed E-state index contributed by atoms with van der Waals surface area (Å²) in [5.74, 6) is 0.777. The Morgan fingerprint density at radius 1 is 1.35 bits per heavy atom. The average molecular weight is 234 g/mol. The van der Waals surface area contributed by atoms with Gasteiger partial charge in [0.15, 0.2) is 0 Å². The highest BCUT2D eigenvalue weighted by molar-refractivity contribution is 5.62. The number of nitrogen functional groups attached to an aromatic ring is 1. The van der Waals surface area contributed by atoms with Crippen molar-refractivity contribution < 1.29 is 4.74 Å².